The second-order valence-electron chi connectivity index (χ2n) is 4.03. The Morgan fingerprint density at radius 1 is 1.58 bits per heavy atom. The number of aliphatic carboxylic acids is 1. The van der Waals surface area contributed by atoms with E-state index in [1.807, 2.05) is 0 Å². The first-order valence-electron chi connectivity index (χ1n) is 5.68. The van der Waals surface area contributed by atoms with Crippen molar-refractivity contribution in [1.82, 2.24) is 0 Å². The normalized spacial score (nSPS) is 14.9. The van der Waals surface area contributed by atoms with Crippen LogP contribution in [0.1, 0.15) is 18.0 Å². The zero-order valence-corrected chi connectivity index (χ0v) is 10.3. The van der Waals surface area contributed by atoms with Crippen LogP contribution in [0.3, 0.4) is 0 Å². The van der Waals surface area contributed by atoms with Crippen molar-refractivity contribution >= 4 is 5.97 Å². The van der Waals surface area contributed by atoms with Crippen LogP contribution >= 0.6 is 0 Å². The molecule has 19 heavy (non-hydrogen) atoms. The van der Waals surface area contributed by atoms with Gasteiger partial charge in [-0.25, -0.2) is 4.39 Å². The highest BCUT2D eigenvalue weighted by atomic mass is 19.1. The lowest BCUT2D eigenvalue weighted by Crippen LogP contribution is -2.22. The fourth-order valence-electron chi connectivity index (χ4n) is 2.00. The Labute approximate surface area is 108 Å². The number of nitrogens with two attached hydrogens (primary N) is 1. The lowest BCUT2D eigenvalue weighted by atomic mass is 10.0. The van der Waals surface area contributed by atoms with Gasteiger partial charge in [0.2, 0.25) is 0 Å². The lowest BCUT2D eigenvalue weighted by Gasteiger charge is -2.25. The van der Waals surface area contributed by atoms with E-state index < -0.39 is 17.8 Å². The number of carbonyl (C=O) groups is 1. The monoisotopic (exact) mass is 271 g/mol. The van der Waals surface area contributed by atoms with Gasteiger partial charge in [0.05, 0.1) is 19.1 Å². The van der Waals surface area contributed by atoms with E-state index in [1.165, 1.54) is 7.11 Å². The maximum absolute atomic E-state index is 13.9. The van der Waals surface area contributed by atoms with Crippen molar-refractivity contribution in [1.29, 1.82) is 0 Å². The summed E-state index contributed by atoms with van der Waals surface area (Å²) in [5.41, 5.74) is 5.98. The van der Waals surface area contributed by atoms with E-state index in [-0.39, 0.29) is 35.8 Å². The zero-order chi connectivity index (χ0) is 14.0. The van der Waals surface area contributed by atoms with E-state index in [1.54, 1.807) is 0 Å². The minimum absolute atomic E-state index is 0.113. The van der Waals surface area contributed by atoms with E-state index in [0.717, 1.165) is 6.07 Å². The van der Waals surface area contributed by atoms with Crippen molar-refractivity contribution in [2.45, 2.75) is 12.5 Å². The number of methoxy groups -OCH3 is 1. The Morgan fingerprint density at radius 3 is 2.89 bits per heavy atom. The molecule has 1 aliphatic rings. The standard InChI is InChI=1S/C12H14FNO5/c1-17-11-6(13)4-8-12(19-3-2-18-8)10(11)7(14)5-9(15)16/h4,7H,2-3,5,14H2,1H3,(H,15,16). The minimum Gasteiger partial charge on any atom is -0.493 e. The molecule has 1 aliphatic heterocycles. The molecule has 1 unspecified atom stereocenters. The first-order valence-corrected chi connectivity index (χ1v) is 5.68. The minimum atomic E-state index is -1.09. The smallest absolute Gasteiger partial charge is 0.305 e. The van der Waals surface area contributed by atoms with Crippen molar-refractivity contribution in [2.75, 3.05) is 20.3 Å². The summed E-state index contributed by atoms with van der Waals surface area (Å²) in [5.74, 6) is -1.41. The van der Waals surface area contributed by atoms with Crippen LogP contribution in [0.15, 0.2) is 6.07 Å². The second kappa shape index (κ2) is 5.31. The molecular formula is C12H14FNO5. The summed E-state index contributed by atoms with van der Waals surface area (Å²) in [6, 6.07) is 0.197. The maximum atomic E-state index is 13.9. The van der Waals surface area contributed by atoms with Gasteiger partial charge in [0.1, 0.15) is 13.2 Å². The van der Waals surface area contributed by atoms with Crippen LogP contribution in [-0.4, -0.2) is 31.4 Å². The molecule has 1 heterocycles. The third-order valence-corrected chi connectivity index (χ3v) is 2.74. The summed E-state index contributed by atoms with van der Waals surface area (Å²) in [4.78, 5) is 10.7. The number of hydrogen-bond donors (Lipinski definition) is 2. The Balaban J connectivity index is 2.54. The Kier molecular flexibility index (Phi) is 3.75. The van der Waals surface area contributed by atoms with Crippen molar-refractivity contribution in [3.8, 4) is 17.2 Å². The third kappa shape index (κ3) is 2.55. The number of fused-ring (bicyclic) bond motifs is 1. The Hall–Kier alpha value is -2.02. The molecule has 1 aromatic rings. The molecule has 0 amide bonds. The molecule has 6 nitrogen and oxygen atoms in total. The van der Waals surface area contributed by atoms with Gasteiger partial charge < -0.3 is 25.1 Å². The fraction of sp³-hybridized carbons (Fsp3) is 0.417. The van der Waals surface area contributed by atoms with Gasteiger partial charge in [0.15, 0.2) is 23.1 Å². The van der Waals surface area contributed by atoms with Gasteiger partial charge in [-0.2, -0.15) is 0 Å². The molecule has 7 heteroatoms. The molecule has 1 atom stereocenters. The van der Waals surface area contributed by atoms with E-state index >= 15 is 0 Å². The number of carboxylic acid groups (broad SMARTS) is 1. The maximum Gasteiger partial charge on any atom is 0.305 e. The second-order valence-corrected chi connectivity index (χ2v) is 4.03. The van der Waals surface area contributed by atoms with E-state index in [4.69, 9.17) is 25.1 Å². The van der Waals surface area contributed by atoms with Crippen LogP contribution < -0.4 is 19.9 Å². The van der Waals surface area contributed by atoms with Crippen molar-refractivity contribution in [3.05, 3.63) is 17.4 Å². The van der Waals surface area contributed by atoms with Gasteiger partial charge in [-0.3, -0.25) is 4.79 Å². The summed E-state index contributed by atoms with van der Waals surface area (Å²) in [5, 5.41) is 8.80. The summed E-state index contributed by atoms with van der Waals surface area (Å²) in [6.45, 7) is 0.584. The number of benzene rings is 1. The average Bonchev–Trinajstić information content (AvgIpc) is 2.36. The zero-order valence-electron chi connectivity index (χ0n) is 10.3. The number of hydrogen-bond acceptors (Lipinski definition) is 5. The average molecular weight is 271 g/mol. The van der Waals surface area contributed by atoms with Crippen LogP contribution in [0.25, 0.3) is 0 Å². The highest BCUT2D eigenvalue weighted by Crippen LogP contribution is 2.44. The Bertz CT molecular complexity index is 505. The van der Waals surface area contributed by atoms with Gasteiger partial charge in [-0.1, -0.05) is 0 Å². The van der Waals surface area contributed by atoms with E-state index in [0.29, 0.717) is 6.61 Å². The van der Waals surface area contributed by atoms with Crippen LogP contribution in [-0.2, 0) is 4.79 Å². The molecule has 104 valence electrons. The quantitative estimate of drug-likeness (QED) is 0.851. The molecule has 0 aliphatic carbocycles. The van der Waals surface area contributed by atoms with Gasteiger partial charge >= 0.3 is 5.97 Å². The fourth-order valence-corrected chi connectivity index (χ4v) is 2.00. The summed E-state index contributed by atoms with van der Waals surface area (Å²) < 4.78 is 29.5. The lowest BCUT2D eigenvalue weighted by molar-refractivity contribution is -0.137. The van der Waals surface area contributed by atoms with Crippen molar-refractivity contribution in [3.63, 3.8) is 0 Å². The number of rotatable bonds is 4. The highest BCUT2D eigenvalue weighted by molar-refractivity contribution is 5.69. The number of carboxylic acids is 1. The summed E-state index contributed by atoms with van der Waals surface area (Å²) in [6.07, 6.45) is -0.365. The first kappa shape index (κ1) is 13.4. The first-order chi connectivity index (χ1) is 9.04. The predicted molar refractivity (Wildman–Crippen MR) is 63.1 cm³/mol. The van der Waals surface area contributed by atoms with Crippen LogP contribution in [0.5, 0.6) is 17.2 Å². The molecule has 0 fully saturated rings. The highest BCUT2D eigenvalue weighted by Gasteiger charge is 2.28. The van der Waals surface area contributed by atoms with Gasteiger partial charge in [0, 0.05) is 12.1 Å². The third-order valence-electron chi connectivity index (χ3n) is 2.74. The largest absolute Gasteiger partial charge is 0.493 e. The van der Waals surface area contributed by atoms with Crippen molar-refractivity contribution < 1.29 is 28.5 Å². The van der Waals surface area contributed by atoms with Crippen LogP contribution in [0.2, 0.25) is 0 Å². The topological polar surface area (TPSA) is 91.0 Å². The van der Waals surface area contributed by atoms with Crippen LogP contribution in [0, 0.1) is 5.82 Å². The molecule has 0 bridgehead atoms. The van der Waals surface area contributed by atoms with E-state index in [9.17, 15) is 9.18 Å². The summed E-state index contributed by atoms with van der Waals surface area (Å²) >= 11 is 0. The van der Waals surface area contributed by atoms with Gasteiger partial charge in [-0.05, 0) is 0 Å². The molecule has 1 aromatic carbocycles. The van der Waals surface area contributed by atoms with E-state index in [2.05, 4.69) is 0 Å². The van der Waals surface area contributed by atoms with Gasteiger partial charge in [-0.15, -0.1) is 0 Å². The molecule has 2 rings (SSSR count). The summed E-state index contributed by atoms with van der Waals surface area (Å²) in [7, 11) is 1.28. The van der Waals surface area contributed by atoms with Crippen molar-refractivity contribution in [2.24, 2.45) is 5.73 Å². The predicted octanol–water partition coefficient (Wildman–Crippen LogP) is 1.08. The van der Waals surface area contributed by atoms with Crippen LogP contribution in [0.4, 0.5) is 4.39 Å². The number of halogens is 1. The molecular weight excluding hydrogens is 257 g/mol. The Morgan fingerprint density at radius 2 is 2.26 bits per heavy atom. The molecule has 3 N–H and O–H groups in total. The number of ether oxygens (including phenoxy) is 3. The molecule has 0 saturated carbocycles. The van der Waals surface area contributed by atoms with Gasteiger partial charge in [0.25, 0.3) is 0 Å². The molecule has 0 aromatic heterocycles. The molecule has 0 radical (unpaired) electrons. The molecule has 0 saturated heterocycles. The SMILES string of the molecule is COc1c(F)cc2c(c1C(N)CC(=O)O)OCCO2. The molecule has 0 spiro atoms.